The molecule has 0 unspecified atom stereocenters. The number of likely N-dealkylation sites (N-methyl/N-ethyl adjacent to an activating group) is 1. The molecule has 0 aliphatic heterocycles. The number of hydrogen-bond acceptors (Lipinski definition) is 4. The van der Waals surface area contributed by atoms with Crippen LogP contribution in [0.4, 0.5) is 0 Å². The maximum Gasteiger partial charge on any atom is 0.243 e. The van der Waals surface area contributed by atoms with Gasteiger partial charge in [0.1, 0.15) is 5.82 Å². The van der Waals surface area contributed by atoms with Crippen LogP contribution in [0.15, 0.2) is 53.4 Å². The fourth-order valence-corrected chi connectivity index (χ4v) is 3.83. The zero-order valence-electron chi connectivity index (χ0n) is 14.6. The smallest absolute Gasteiger partial charge is 0.243 e. The molecule has 0 radical (unpaired) electrons. The second-order valence-corrected chi connectivity index (χ2v) is 8.50. The van der Waals surface area contributed by atoms with Crippen LogP contribution >= 0.6 is 11.6 Å². The lowest BCUT2D eigenvalue weighted by Crippen LogP contribution is -2.39. The van der Waals surface area contributed by atoms with Crippen molar-refractivity contribution in [3.05, 3.63) is 59.4 Å². The Bertz CT molecular complexity index is 1010. The van der Waals surface area contributed by atoms with Gasteiger partial charge in [0, 0.05) is 25.0 Å². The van der Waals surface area contributed by atoms with Crippen molar-refractivity contribution < 1.29 is 13.2 Å². The van der Waals surface area contributed by atoms with Gasteiger partial charge in [0.05, 0.1) is 22.5 Å². The zero-order valence-corrected chi connectivity index (χ0v) is 16.2. The van der Waals surface area contributed by atoms with Crippen molar-refractivity contribution in [3.8, 4) is 0 Å². The average molecular weight is 407 g/mol. The Kier molecular flexibility index (Phi) is 5.79. The number of sulfonamides is 1. The number of rotatable bonds is 7. The first-order valence-electron chi connectivity index (χ1n) is 8.28. The number of fused-ring (bicyclic) bond motifs is 1. The third-order valence-electron chi connectivity index (χ3n) is 4.01. The Labute approximate surface area is 162 Å². The lowest BCUT2D eigenvalue weighted by atomic mass is 10.3. The van der Waals surface area contributed by atoms with Crippen LogP contribution in [-0.2, 0) is 21.2 Å². The number of hydrogen-bond donors (Lipinski definition) is 2. The van der Waals surface area contributed by atoms with E-state index in [-0.39, 0.29) is 17.3 Å². The Morgan fingerprint density at radius 3 is 2.59 bits per heavy atom. The Hall–Kier alpha value is -2.42. The minimum atomic E-state index is -3.75. The summed E-state index contributed by atoms with van der Waals surface area (Å²) >= 11 is 5.78. The van der Waals surface area contributed by atoms with Crippen molar-refractivity contribution in [1.82, 2.24) is 19.6 Å². The van der Waals surface area contributed by atoms with Gasteiger partial charge in [0.2, 0.25) is 15.9 Å². The molecule has 0 aliphatic carbocycles. The summed E-state index contributed by atoms with van der Waals surface area (Å²) < 4.78 is 25.9. The number of carbonyl (C=O) groups is 1. The van der Waals surface area contributed by atoms with E-state index in [2.05, 4.69) is 15.3 Å². The molecule has 3 aromatic rings. The van der Waals surface area contributed by atoms with E-state index >= 15 is 0 Å². The van der Waals surface area contributed by atoms with E-state index in [0.717, 1.165) is 21.2 Å². The molecule has 0 bridgehead atoms. The summed E-state index contributed by atoms with van der Waals surface area (Å²) in [6, 6.07) is 13.5. The van der Waals surface area contributed by atoms with Gasteiger partial charge in [-0.05, 0) is 36.4 Å². The van der Waals surface area contributed by atoms with E-state index in [0.29, 0.717) is 18.0 Å². The lowest BCUT2D eigenvalue weighted by Gasteiger charge is -2.16. The summed E-state index contributed by atoms with van der Waals surface area (Å²) in [7, 11) is -2.39. The molecule has 27 heavy (non-hydrogen) atoms. The molecule has 0 spiro atoms. The summed E-state index contributed by atoms with van der Waals surface area (Å²) in [6.45, 7) is 0.0819. The number of amides is 1. The number of halogens is 1. The SMILES string of the molecule is CN(CC(=O)NCCc1nc2ccccc2[nH]1)S(=O)(=O)c1ccc(Cl)cc1. The van der Waals surface area contributed by atoms with Gasteiger partial charge in [0.15, 0.2) is 0 Å². The predicted molar refractivity (Wildman–Crippen MR) is 104 cm³/mol. The van der Waals surface area contributed by atoms with Gasteiger partial charge in [-0.1, -0.05) is 23.7 Å². The minimum Gasteiger partial charge on any atom is -0.355 e. The van der Waals surface area contributed by atoms with Crippen LogP contribution < -0.4 is 5.32 Å². The molecule has 0 aliphatic rings. The molecule has 0 fully saturated rings. The molecular formula is C18H19ClN4O3S. The first-order chi connectivity index (χ1) is 12.9. The molecule has 2 aromatic carbocycles. The highest BCUT2D eigenvalue weighted by molar-refractivity contribution is 7.89. The molecule has 1 heterocycles. The van der Waals surface area contributed by atoms with Crippen molar-refractivity contribution in [2.24, 2.45) is 0 Å². The second-order valence-electron chi connectivity index (χ2n) is 6.02. The Morgan fingerprint density at radius 2 is 1.89 bits per heavy atom. The molecule has 1 amide bonds. The lowest BCUT2D eigenvalue weighted by molar-refractivity contribution is -0.121. The molecule has 1 aromatic heterocycles. The van der Waals surface area contributed by atoms with E-state index < -0.39 is 10.0 Å². The average Bonchev–Trinajstić information content (AvgIpc) is 3.04. The molecule has 142 valence electrons. The number of benzene rings is 2. The van der Waals surface area contributed by atoms with Gasteiger partial charge >= 0.3 is 0 Å². The summed E-state index contributed by atoms with van der Waals surface area (Å²) in [5.41, 5.74) is 1.81. The molecule has 9 heteroatoms. The number of aromatic amines is 1. The molecular weight excluding hydrogens is 388 g/mol. The summed E-state index contributed by atoms with van der Waals surface area (Å²) in [5, 5.41) is 3.16. The quantitative estimate of drug-likeness (QED) is 0.628. The Morgan fingerprint density at radius 1 is 1.19 bits per heavy atom. The first kappa shape index (κ1) is 19.3. The van der Waals surface area contributed by atoms with Crippen LogP contribution in [0.1, 0.15) is 5.82 Å². The fraction of sp³-hybridized carbons (Fsp3) is 0.222. The predicted octanol–water partition coefficient (Wildman–Crippen LogP) is 2.20. The molecule has 2 N–H and O–H groups in total. The van der Waals surface area contributed by atoms with E-state index in [1.54, 1.807) is 0 Å². The van der Waals surface area contributed by atoms with Crippen molar-refractivity contribution in [1.29, 1.82) is 0 Å². The monoisotopic (exact) mass is 406 g/mol. The Balaban J connectivity index is 1.53. The van der Waals surface area contributed by atoms with Crippen LogP contribution in [0.2, 0.25) is 5.02 Å². The number of imidazole rings is 1. The largest absolute Gasteiger partial charge is 0.355 e. The van der Waals surface area contributed by atoms with Crippen molar-refractivity contribution in [2.45, 2.75) is 11.3 Å². The van der Waals surface area contributed by atoms with Crippen LogP contribution in [-0.4, -0.2) is 48.7 Å². The van der Waals surface area contributed by atoms with E-state index in [9.17, 15) is 13.2 Å². The summed E-state index contributed by atoms with van der Waals surface area (Å²) in [5.74, 6) is 0.379. The van der Waals surface area contributed by atoms with Gasteiger partial charge in [-0.3, -0.25) is 4.79 Å². The summed E-state index contributed by atoms with van der Waals surface area (Å²) in [4.78, 5) is 19.8. The van der Waals surface area contributed by atoms with E-state index in [1.165, 1.54) is 31.3 Å². The van der Waals surface area contributed by atoms with Crippen molar-refractivity contribution in [2.75, 3.05) is 20.1 Å². The third-order valence-corrected chi connectivity index (χ3v) is 6.08. The first-order valence-corrected chi connectivity index (χ1v) is 10.1. The minimum absolute atomic E-state index is 0.0875. The van der Waals surface area contributed by atoms with Crippen LogP contribution in [0.5, 0.6) is 0 Å². The van der Waals surface area contributed by atoms with E-state index in [4.69, 9.17) is 11.6 Å². The maximum absolute atomic E-state index is 12.5. The van der Waals surface area contributed by atoms with Gasteiger partial charge in [-0.15, -0.1) is 0 Å². The number of para-hydroxylation sites is 2. The maximum atomic E-state index is 12.5. The molecule has 7 nitrogen and oxygen atoms in total. The highest BCUT2D eigenvalue weighted by Crippen LogP contribution is 2.17. The highest BCUT2D eigenvalue weighted by atomic mass is 35.5. The van der Waals surface area contributed by atoms with Gasteiger partial charge in [-0.2, -0.15) is 4.31 Å². The molecule has 0 saturated heterocycles. The second kappa shape index (κ2) is 8.08. The van der Waals surface area contributed by atoms with Gasteiger partial charge < -0.3 is 10.3 Å². The normalized spacial score (nSPS) is 11.8. The number of H-pyrrole nitrogens is 1. The van der Waals surface area contributed by atoms with Gasteiger partial charge in [-0.25, -0.2) is 13.4 Å². The van der Waals surface area contributed by atoms with E-state index in [1.807, 2.05) is 24.3 Å². The van der Waals surface area contributed by atoms with Crippen LogP contribution in [0.25, 0.3) is 11.0 Å². The van der Waals surface area contributed by atoms with Crippen molar-refractivity contribution >= 4 is 38.6 Å². The molecule has 0 saturated carbocycles. The standard InChI is InChI=1S/C18H19ClN4O3S/c1-23(27(25,26)14-8-6-13(19)7-9-14)12-18(24)20-11-10-17-21-15-4-2-3-5-16(15)22-17/h2-9H,10-12H2,1H3,(H,20,24)(H,21,22). The molecule has 0 atom stereocenters. The summed E-state index contributed by atoms with van der Waals surface area (Å²) in [6.07, 6.45) is 0.522. The highest BCUT2D eigenvalue weighted by Gasteiger charge is 2.22. The van der Waals surface area contributed by atoms with Crippen molar-refractivity contribution in [3.63, 3.8) is 0 Å². The van der Waals surface area contributed by atoms with Gasteiger partial charge in [0.25, 0.3) is 0 Å². The number of nitrogens with one attached hydrogen (secondary N) is 2. The fourth-order valence-electron chi connectivity index (χ4n) is 2.57. The number of carbonyl (C=O) groups excluding carboxylic acids is 1. The number of nitrogens with zero attached hydrogens (tertiary/aromatic N) is 2. The number of aromatic nitrogens is 2. The third kappa shape index (κ3) is 4.65. The topological polar surface area (TPSA) is 95.2 Å². The van der Waals surface area contributed by atoms with Crippen LogP contribution in [0, 0.1) is 0 Å². The van der Waals surface area contributed by atoms with Crippen LogP contribution in [0.3, 0.4) is 0 Å². The zero-order chi connectivity index (χ0) is 19.4. The molecule has 3 rings (SSSR count).